The molecular formula is C13H21ClN2O2S. The Morgan fingerprint density at radius 2 is 2.37 bits per heavy atom. The molecule has 1 aromatic heterocycles. The van der Waals surface area contributed by atoms with E-state index in [4.69, 9.17) is 4.74 Å². The molecule has 0 aliphatic carbocycles. The lowest BCUT2D eigenvalue weighted by Gasteiger charge is -2.25. The van der Waals surface area contributed by atoms with Crippen molar-refractivity contribution >= 4 is 29.7 Å². The van der Waals surface area contributed by atoms with Crippen LogP contribution in [0, 0.1) is 6.92 Å². The minimum absolute atomic E-state index is 0. The fraction of sp³-hybridized carbons (Fsp3) is 0.615. The number of hydrogen-bond donors (Lipinski definition) is 1. The van der Waals surface area contributed by atoms with Crippen LogP contribution in [-0.2, 0) is 16.1 Å². The lowest BCUT2D eigenvalue weighted by molar-refractivity contribution is -0.131. The Kier molecular flexibility index (Phi) is 6.79. The Morgan fingerprint density at radius 3 is 2.95 bits per heavy atom. The summed E-state index contributed by atoms with van der Waals surface area (Å²) in [4.78, 5) is 16.4. The van der Waals surface area contributed by atoms with Crippen molar-refractivity contribution < 1.29 is 9.53 Å². The van der Waals surface area contributed by atoms with Crippen molar-refractivity contribution in [2.45, 2.75) is 25.9 Å². The van der Waals surface area contributed by atoms with Gasteiger partial charge >= 0.3 is 0 Å². The van der Waals surface area contributed by atoms with Crippen molar-refractivity contribution in [1.82, 2.24) is 10.2 Å². The van der Waals surface area contributed by atoms with Crippen molar-refractivity contribution in [2.24, 2.45) is 0 Å². The minimum Gasteiger partial charge on any atom is -0.378 e. The van der Waals surface area contributed by atoms with Crippen LogP contribution in [-0.4, -0.2) is 43.7 Å². The number of halogens is 1. The largest absolute Gasteiger partial charge is 0.378 e. The van der Waals surface area contributed by atoms with Gasteiger partial charge in [0.05, 0.1) is 19.8 Å². The molecule has 1 aliphatic rings. The summed E-state index contributed by atoms with van der Waals surface area (Å²) in [5, 5.41) is 3.30. The molecule has 1 saturated heterocycles. The summed E-state index contributed by atoms with van der Waals surface area (Å²) in [5.41, 5.74) is 0. The van der Waals surface area contributed by atoms with Crippen LogP contribution in [0.5, 0.6) is 0 Å². The van der Waals surface area contributed by atoms with Gasteiger partial charge in [-0.2, -0.15) is 0 Å². The maximum Gasteiger partial charge on any atom is 0.224 e. The summed E-state index contributed by atoms with van der Waals surface area (Å²) in [6, 6.07) is 4.35. The molecule has 4 nitrogen and oxygen atoms in total. The fourth-order valence-corrected chi connectivity index (χ4v) is 2.95. The van der Waals surface area contributed by atoms with Gasteiger partial charge in [0.2, 0.25) is 5.91 Å². The van der Waals surface area contributed by atoms with Crippen LogP contribution < -0.4 is 5.32 Å². The zero-order valence-corrected chi connectivity index (χ0v) is 13.0. The normalized spacial score (nSPS) is 18.7. The number of ether oxygens (including phenoxy) is 1. The average Bonchev–Trinajstić information content (AvgIpc) is 2.76. The minimum atomic E-state index is 0. The van der Waals surface area contributed by atoms with E-state index < -0.39 is 0 Å². The molecule has 6 heteroatoms. The van der Waals surface area contributed by atoms with Crippen LogP contribution in [0.1, 0.15) is 16.2 Å². The number of nitrogens with zero attached hydrogens (tertiary/aromatic N) is 1. The van der Waals surface area contributed by atoms with Crippen molar-refractivity contribution in [3.8, 4) is 0 Å². The van der Waals surface area contributed by atoms with Crippen molar-refractivity contribution in [3.05, 3.63) is 21.9 Å². The second-order valence-electron chi connectivity index (χ2n) is 4.69. The second kappa shape index (κ2) is 7.85. The van der Waals surface area contributed by atoms with Gasteiger partial charge in [-0.3, -0.25) is 4.79 Å². The fourth-order valence-electron chi connectivity index (χ4n) is 2.01. The van der Waals surface area contributed by atoms with Gasteiger partial charge < -0.3 is 15.0 Å². The highest BCUT2D eigenvalue weighted by Crippen LogP contribution is 2.17. The van der Waals surface area contributed by atoms with Crippen LogP contribution >= 0.6 is 23.7 Å². The third-order valence-corrected chi connectivity index (χ3v) is 4.02. The van der Waals surface area contributed by atoms with Crippen LogP contribution in [0.2, 0.25) is 0 Å². The number of nitrogens with one attached hydrogen (secondary N) is 1. The van der Waals surface area contributed by atoms with Gasteiger partial charge in [0, 0.05) is 35.8 Å². The van der Waals surface area contributed by atoms with Gasteiger partial charge in [-0.05, 0) is 19.1 Å². The van der Waals surface area contributed by atoms with E-state index in [9.17, 15) is 4.79 Å². The lowest BCUT2D eigenvalue weighted by Crippen LogP contribution is -2.44. The molecule has 1 amide bonds. The molecule has 0 saturated carbocycles. The molecule has 1 unspecified atom stereocenters. The molecule has 0 spiro atoms. The molecule has 1 fully saturated rings. The molecule has 0 aromatic carbocycles. The topological polar surface area (TPSA) is 41.6 Å². The highest BCUT2D eigenvalue weighted by atomic mass is 35.5. The van der Waals surface area contributed by atoms with Gasteiger partial charge in [0.25, 0.3) is 0 Å². The number of rotatable bonds is 4. The van der Waals surface area contributed by atoms with Gasteiger partial charge in [0.1, 0.15) is 0 Å². The summed E-state index contributed by atoms with van der Waals surface area (Å²) in [6.07, 6.45) is 0.515. The molecular weight excluding hydrogens is 284 g/mol. The van der Waals surface area contributed by atoms with E-state index in [-0.39, 0.29) is 24.4 Å². The third-order valence-electron chi connectivity index (χ3n) is 3.03. The zero-order chi connectivity index (χ0) is 13.0. The second-order valence-corrected chi connectivity index (χ2v) is 6.06. The molecule has 19 heavy (non-hydrogen) atoms. The molecule has 1 aromatic rings. The Balaban J connectivity index is 0.00000180. The summed E-state index contributed by atoms with van der Waals surface area (Å²) in [6.45, 7) is 5.00. The number of hydrogen-bond acceptors (Lipinski definition) is 4. The molecule has 1 aliphatic heterocycles. The average molecular weight is 305 g/mol. The van der Waals surface area contributed by atoms with Crippen LogP contribution in [0.15, 0.2) is 12.1 Å². The first kappa shape index (κ1) is 16.4. The summed E-state index contributed by atoms with van der Waals surface area (Å²) in [5.74, 6) is 0.170. The van der Waals surface area contributed by atoms with Gasteiger partial charge in [-0.15, -0.1) is 23.7 Å². The van der Waals surface area contributed by atoms with E-state index in [0.717, 1.165) is 13.2 Å². The standard InChI is InChI=1S/C13H20N2O2S.ClH/c1-10-3-4-12(18-10)8-15(2)13(16)7-11-9-17-6-5-14-11;/h3-4,11,14H,5-9H2,1-2H3;1H. The van der Waals surface area contributed by atoms with Crippen LogP contribution in [0.4, 0.5) is 0 Å². The van der Waals surface area contributed by atoms with Crippen LogP contribution in [0.3, 0.4) is 0 Å². The number of thiophene rings is 1. The van der Waals surface area contributed by atoms with Crippen molar-refractivity contribution in [3.63, 3.8) is 0 Å². The summed E-state index contributed by atoms with van der Waals surface area (Å²) >= 11 is 1.75. The molecule has 0 radical (unpaired) electrons. The summed E-state index contributed by atoms with van der Waals surface area (Å²) < 4.78 is 5.35. The van der Waals surface area contributed by atoms with Gasteiger partial charge in [-0.1, -0.05) is 0 Å². The van der Waals surface area contributed by atoms with Crippen molar-refractivity contribution in [2.75, 3.05) is 26.8 Å². The first-order valence-electron chi connectivity index (χ1n) is 6.25. The van der Waals surface area contributed by atoms with E-state index in [2.05, 4.69) is 24.4 Å². The lowest BCUT2D eigenvalue weighted by atomic mass is 10.2. The van der Waals surface area contributed by atoms with E-state index in [1.54, 1.807) is 16.2 Å². The maximum atomic E-state index is 12.1. The Labute approximate surface area is 124 Å². The molecule has 108 valence electrons. The first-order valence-corrected chi connectivity index (χ1v) is 7.07. The number of morpholine rings is 1. The summed E-state index contributed by atoms with van der Waals surface area (Å²) in [7, 11) is 1.86. The van der Waals surface area contributed by atoms with E-state index in [0.29, 0.717) is 19.6 Å². The Hall–Kier alpha value is -0.620. The SMILES string of the molecule is Cc1ccc(CN(C)C(=O)CC2COCCN2)s1.Cl. The maximum absolute atomic E-state index is 12.1. The quantitative estimate of drug-likeness (QED) is 0.922. The molecule has 2 rings (SSSR count). The Bertz CT molecular complexity index is 405. The third kappa shape index (κ3) is 5.10. The van der Waals surface area contributed by atoms with Gasteiger partial charge in [-0.25, -0.2) is 0 Å². The smallest absolute Gasteiger partial charge is 0.224 e. The number of carbonyl (C=O) groups is 1. The number of carbonyl (C=O) groups excluding carboxylic acids is 1. The number of aryl methyl sites for hydroxylation is 1. The van der Waals surface area contributed by atoms with Crippen LogP contribution in [0.25, 0.3) is 0 Å². The number of amides is 1. The van der Waals surface area contributed by atoms with E-state index in [1.807, 2.05) is 7.05 Å². The monoisotopic (exact) mass is 304 g/mol. The molecule has 2 heterocycles. The zero-order valence-electron chi connectivity index (χ0n) is 11.3. The molecule has 1 atom stereocenters. The van der Waals surface area contributed by atoms with Gasteiger partial charge in [0.15, 0.2) is 0 Å². The predicted molar refractivity (Wildman–Crippen MR) is 80.0 cm³/mol. The van der Waals surface area contributed by atoms with E-state index >= 15 is 0 Å². The molecule has 1 N–H and O–H groups in total. The predicted octanol–water partition coefficient (Wildman–Crippen LogP) is 1.82. The first-order chi connectivity index (χ1) is 8.65. The van der Waals surface area contributed by atoms with Crippen molar-refractivity contribution in [1.29, 1.82) is 0 Å². The van der Waals surface area contributed by atoms with E-state index in [1.165, 1.54) is 9.75 Å². The highest BCUT2D eigenvalue weighted by Gasteiger charge is 2.19. The Morgan fingerprint density at radius 1 is 1.58 bits per heavy atom. The highest BCUT2D eigenvalue weighted by molar-refractivity contribution is 7.11. The molecule has 0 bridgehead atoms.